The van der Waals surface area contributed by atoms with E-state index in [9.17, 15) is 35.0 Å². The molecule has 0 saturated heterocycles. The molecule has 256 valence electrons. The summed E-state index contributed by atoms with van der Waals surface area (Å²) in [5, 5.41) is 44.9. The van der Waals surface area contributed by atoms with E-state index in [0.29, 0.717) is 40.1 Å². The molecule has 1 spiro atoms. The average Bonchev–Trinajstić information content (AvgIpc) is 3.40. The summed E-state index contributed by atoms with van der Waals surface area (Å²) < 4.78 is 17.8. The van der Waals surface area contributed by atoms with Crippen LogP contribution in [0.1, 0.15) is 58.3 Å². The van der Waals surface area contributed by atoms with E-state index in [1.807, 2.05) is 0 Å². The number of hydrogen-bond donors (Lipinski definition) is 5. The number of aliphatic hydroxyl groups excluding tert-OH is 1. The second kappa shape index (κ2) is 14.3. The molecule has 2 aliphatic rings. The number of amides is 2. The molecule has 0 fully saturated rings. The Kier molecular flexibility index (Phi) is 9.51. The Labute approximate surface area is 292 Å². The molecule has 12 heteroatoms. The molecule has 0 aromatic heterocycles. The summed E-state index contributed by atoms with van der Waals surface area (Å²) >= 11 is 0. The number of allylic oxidation sites excluding steroid dienone is 1. The number of terminal acetylenes is 1. The van der Waals surface area contributed by atoms with Gasteiger partial charge in [-0.25, -0.2) is 4.79 Å². The zero-order valence-electron chi connectivity index (χ0n) is 27.1. The fourth-order valence-corrected chi connectivity index (χ4v) is 5.96. The lowest BCUT2D eigenvalue weighted by atomic mass is 9.77. The van der Waals surface area contributed by atoms with E-state index < -0.39 is 23.1 Å². The SMILES string of the molecule is C#CCC/C(O)=C(\C#N)C(=O)Nc1ccc(OCCCC(=O)NCc2ccc3c(c2)C2(OC3=O)c3ccc(O)cc3Oc3cc(O)ccc32)cc1. The minimum Gasteiger partial charge on any atom is -0.511 e. The van der Waals surface area contributed by atoms with E-state index >= 15 is 0 Å². The van der Waals surface area contributed by atoms with Crippen molar-refractivity contribution in [1.82, 2.24) is 5.32 Å². The van der Waals surface area contributed by atoms with Crippen molar-refractivity contribution in [1.29, 1.82) is 5.26 Å². The third kappa shape index (κ3) is 6.84. The Morgan fingerprint density at radius 2 is 1.59 bits per heavy atom. The van der Waals surface area contributed by atoms with Crippen LogP contribution in [0.5, 0.6) is 28.7 Å². The molecule has 6 rings (SSSR count). The van der Waals surface area contributed by atoms with E-state index in [2.05, 4.69) is 16.6 Å². The van der Waals surface area contributed by atoms with Crippen molar-refractivity contribution in [2.75, 3.05) is 11.9 Å². The monoisotopic (exact) mass is 685 g/mol. The molecule has 12 nitrogen and oxygen atoms in total. The summed E-state index contributed by atoms with van der Waals surface area (Å²) in [5.41, 5.74) is 1.19. The van der Waals surface area contributed by atoms with Gasteiger partial charge in [-0.3, -0.25) is 9.59 Å². The largest absolute Gasteiger partial charge is 0.511 e. The summed E-state index contributed by atoms with van der Waals surface area (Å²) in [6.45, 7) is 0.423. The summed E-state index contributed by atoms with van der Waals surface area (Å²) in [6, 6.07) is 22.4. The second-order valence-corrected chi connectivity index (χ2v) is 11.8. The molecule has 2 amide bonds. The number of aromatic hydroxyl groups is 2. The van der Waals surface area contributed by atoms with Crippen molar-refractivity contribution in [2.45, 2.75) is 37.8 Å². The molecule has 0 bridgehead atoms. The lowest BCUT2D eigenvalue weighted by Gasteiger charge is -2.36. The van der Waals surface area contributed by atoms with Gasteiger partial charge < -0.3 is 40.2 Å². The zero-order chi connectivity index (χ0) is 36.1. The van der Waals surface area contributed by atoms with Crippen molar-refractivity contribution < 1.29 is 43.9 Å². The van der Waals surface area contributed by atoms with E-state index in [1.165, 1.54) is 24.3 Å². The van der Waals surface area contributed by atoms with Gasteiger partial charge in [0, 0.05) is 60.3 Å². The highest BCUT2D eigenvalue weighted by atomic mass is 16.6. The van der Waals surface area contributed by atoms with E-state index in [1.54, 1.807) is 60.7 Å². The van der Waals surface area contributed by atoms with E-state index in [4.69, 9.17) is 20.6 Å². The zero-order valence-corrected chi connectivity index (χ0v) is 27.1. The predicted octanol–water partition coefficient (Wildman–Crippen LogP) is 5.83. The maximum absolute atomic E-state index is 13.2. The number of anilines is 1. The van der Waals surface area contributed by atoms with Gasteiger partial charge >= 0.3 is 5.97 Å². The average molecular weight is 686 g/mol. The van der Waals surface area contributed by atoms with Crippen LogP contribution in [0.4, 0.5) is 5.69 Å². The number of phenols is 2. The van der Waals surface area contributed by atoms with Crippen molar-refractivity contribution >= 4 is 23.5 Å². The second-order valence-electron chi connectivity index (χ2n) is 11.8. The molecule has 0 radical (unpaired) electrons. The third-order valence-electron chi connectivity index (χ3n) is 8.39. The maximum atomic E-state index is 13.2. The minimum atomic E-state index is -1.40. The van der Waals surface area contributed by atoms with Crippen LogP contribution in [0.3, 0.4) is 0 Å². The number of carbonyl (C=O) groups excluding carboxylic acids is 3. The van der Waals surface area contributed by atoms with Crippen molar-refractivity contribution in [3.8, 4) is 47.2 Å². The molecule has 51 heavy (non-hydrogen) atoms. The highest BCUT2D eigenvalue weighted by Crippen LogP contribution is 2.57. The number of hydrogen-bond acceptors (Lipinski definition) is 10. The Morgan fingerprint density at radius 3 is 2.24 bits per heavy atom. The molecule has 0 unspecified atom stereocenters. The summed E-state index contributed by atoms with van der Waals surface area (Å²) in [5.74, 6) is 1.42. The van der Waals surface area contributed by atoms with Gasteiger partial charge in [0.1, 0.15) is 40.6 Å². The van der Waals surface area contributed by atoms with Crippen LogP contribution in [0.2, 0.25) is 0 Å². The number of nitrogens with one attached hydrogen (secondary N) is 2. The van der Waals surface area contributed by atoms with Gasteiger partial charge in [0.15, 0.2) is 11.2 Å². The number of nitrogens with zero attached hydrogens (tertiary/aromatic N) is 1. The normalized spacial score (nSPS) is 13.6. The molecular weight excluding hydrogens is 654 g/mol. The number of fused-ring (bicyclic) bond motifs is 6. The van der Waals surface area contributed by atoms with Crippen LogP contribution < -0.4 is 20.1 Å². The first-order valence-electron chi connectivity index (χ1n) is 15.9. The molecule has 0 atom stereocenters. The quantitative estimate of drug-likeness (QED) is 0.0321. The number of ether oxygens (including phenoxy) is 3. The maximum Gasteiger partial charge on any atom is 0.340 e. The van der Waals surface area contributed by atoms with E-state index in [0.717, 1.165) is 5.56 Å². The van der Waals surface area contributed by atoms with Gasteiger partial charge in [-0.2, -0.15) is 5.26 Å². The van der Waals surface area contributed by atoms with Crippen LogP contribution in [0.15, 0.2) is 90.2 Å². The van der Waals surface area contributed by atoms with Gasteiger partial charge in [0.05, 0.1) is 12.2 Å². The van der Waals surface area contributed by atoms with Gasteiger partial charge in [-0.15, -0.1) is 12.3 Å². The smallest absolute Gasteiger partial charge is 0.340 e. The molecule has 2 heterocycles. The van der Waals surface area contributed by atoms with Gasteiger partial charge in [-0.1, -0.05) is 6.07 Å². The van der Waals surface area contributed by atoms with E-state index in [-0.39, 0.29) is 67.1 Å². The van der Waals surface area contributed by atoms with Gasteiger partial charge in [0.25, 0.3) is 5.91 Å². The molecule has 0 aliphatic carbocycles. The van der Waals surface area contributed by atoms with Crippen LogP contribution >= 0.6 is 0 Å². The number of aliphatic hydroxyl groups is 1. The summed E-state index contributed by atoms with van der Waals surface area (Å²) in [6.07, 6.45) is 5.98. The van der Waals surface area contributed by atoms with Crippen molar-refractivity contribution in [2.24, 2.45) is 0 Å². The lowest BCUT2D eigenvalue weighted by Crippen LogP contribution is -2.33. The standard InChI is InChI=1S/C39H31N3O9/c1-2-3-5-33(45)29(21-40)37(47)42-24-8-12-27(13-9-24)49-17-4-6-36(46)41-22-23-7-14-28-32(18-23)39(51-38(28)48)30-15-10-25(43)19-34(30)50-35-20-26(44)11-16-31(35)39/h1,7-16,18-20,43-45H,3-6,17,22H2,(H,41,46)(H,42,47)/b33-29-. The Hall–Kier alpha value is -6.92. The lowest BCUT2D eigenvalue weighted by molar-refractivity contribution is -0.121. The predicted molar refractivity (Wildman–Crippen MR) is 183 cm³/mol. The fraction of sp³-hybridized carbons (Fsp3) is 0.179. The molecular formula is C39H31N3O9. The Morgan fingerprint density at radius 1 is 0.902 bits per heavy atom. The molecule has 2 aliphatic heterocycles. The van der Waals surface area contributed by atoms with Gasteiger partial charge in [-0.05, 0) is 72.6 Å². The Bertz CT molecular complexity index is 2110. The number of phenolic OH excluding ortho intramolecular Hbond substituents is 2. The first-order chi connectivity index (χ1) is 24.6. The number of benzene rings is 4. The number of nitriles is 1. The molecule has 5 N–H and O–H groups in total. The van der Waals surface area contributed by atoms with Crippen molar-refractivity contribution in [3.05, 3.63) is 118 Å². The topological polar surface area (TPSA) is 187 Å². The third-order valence-corrected chi connectivity index (χ3v) is 8.39. The molecule has 0 saturated carbocycles. The fourth-order valence-electron chi connectivity index (χ4n) is 5.96. The summed E-state index contributed by atoms with van der Waals surface area (Å²) in [4.78, 5) is 38.3. The first kappa shape index (κ1) is 34.0. The highest BCUT2D eigenvalue weighted by Gasteiger charge is 2.53. The van der Waals surface area contributed by atoms with Gasteiger partial charge in [0.2, 0.25) is 5.91 Å². The Balaban J connectivity index is 1.05. The minimum absolute atomic E-state index is 0.0194. The molecule has 4 aromatic rings. The number of carbonyl (C=O) groups is 3. The van der Waals surface area contributed by atoms with Crippen LogP contribution in [0, 0.1) is 23.7 Å². The van der Waals surface area contributed by atoms with Crippen LogP contribution in [-0.2, 0) is 26.5 Å². The summed E-state index contributed by atoms with van der Waals surface area (Å²) in [7, 11) is 0. The molecule has 4 aromatic carbocycles. The van der Waals surface area contributed by atoms with Crippen LogP contribution in [0.25, 0.3) is 0 Å². The van der Waals surface area contributed by atoms with Crippen molar-refractivity contribution in [3.63, 3.8) is 0 Å². The highest BCUT2D eigenvalue weighted by molar-refractivity contribution is 6.06. The number of rotatable bonds is 11. The first-order valence-corrected chi connectivity index (χ1v) is 15.9. The number of esters is 1. The van der Waals surface area contributed by atoms with Crippen LogP contribution in [-0.4, -0.2) is 39.7 Å².